The zero-order valence-corrected chi connectivity index (χ0v) is 35.7. The number of hydrogen-bond acceptors (Lipinski definition) is 0. The topological polar surface area (TPSA) is 0 Å². The molecule has 0 spiro atoms. The van der Waals surface area contributed by atoms with Gasteiger partial charge in [-0.2, -0.15) is 0 Å². The van der Waals surface area contributed by atoms with Crippen LogP contribution in [0.4, 0.5) is 0 Å². The average molecular weight is 773 g/mol. The molecular weight excluding hydrogens is 721 g/mol. The van der Waals surface area contributed by atoms with Gasteiger partial charge in [0.05, 0.1) is 0 Å². The van der Waals surface area contributed by atoms with Gasteiger partial charge in [-0.05, 0) is 215 Å². The fraction of sp³-hybridized carbons (Fsp3) is 0.267. The highest BCUT2D eigenvalue weighted by molar-refractivity contribution is 6.26. The second kappa shape index (κ2) is 12.0. The summed E-state index contributed by atoms with van der Waals surface area (Å²) < 4.78 is 0. The first-order chi connectivity index (χ1) is 29.0. The monoisotopic (exact) mass is 772 g/mol. The van der Waals surface area contributed by atoms with Crippen LogP contribution in [-0.2, 0) is 10.8 Å². The lowest BCUT2D eigenvalue weighted by molar-refractivity contribution is -0.00508. The van der Waals surface area contributed by atoms with Gasteiger partial charge in [0.2, 0.25) is 0 Å². The third kappa shape index (κ3) is 4.80. The Hall–Kier alpha value is -5.72. The molecule has 0 heterocycles. The molecule has 4 fully saturated rings. The number of rotatable bonds is 4. The van der Waals surface area contributed by atoms with E-state index in [4.69, 9.17) is 0 Å². The maximum atomic E-state index is 4.49. The fourth-order valence-corrected chi connectivity index (χ4v) is 14.1. The molecule has 14 rings (SSSR count). The van der Waals surface area contributed by atoms with Gasteiger partial charge >= 0.3 is 0 Å². The minimum Gasteiger partial charge on any atom is -0.0955 e. The van der Waals surface area contributed by atoms with Crippen molar-refractivity contribution in [3.63, 3.8) is 0 Å². The largest absolute Gasteiger partial charge is 0.0955 e. The second-order valence-corrected chi connectivity index (χ2v) is 20.7. The molecule has 0 nitrogen and oxygen atoms in total. The Morgan fingerprint density at radius 1 is 0.567 bits per heavy atom. The van der Waals surface area contributed by atoms with E-state index in [9.17, 15) is 0 Å². The van der Waals surface area contributed by atoms with Gasteiger partial charge in [0.15, 0.2) is 0 Å². The first-order valence-corrected chi connectivity index (χ1v) is 22.7. The molecule has 0 aliphatic heterocycles. The van der Waals surface area contributed by atoms with Gasteiger partial charge in [0.25, 0.3) is 0 Å². The van der Waals surface area contributed by atoms with Crippen LogP contribution in [0, 0.1) is 31.6 Å². The van der Waals surface area contributed by atoms with Crippen LogP contribution < -0.4 is 5.22 Å². The zero-order chi connectivity index (χ0) is 40.4. The Labute approximate surface area is 354 Å². The van der Waals surface area contributed by atoms with E-state index in [-0.39, 0.29) is 5.41 Å². The van der Waals surface area contributed by atoms with Crippen molar-refractivity contribution in [2.75, 3.05) is 0 Å². The summed E-state index contributed by atoms with van der Waals surface area (Å²) in [6, 6.07) is 45.7. The minimum absolute atomic E-state index is 0.142. The normalized spacial score (nSPS) is 22.9. The average Bonchev–Trinajstić information content (AvgIpc) is 3.45. The summed E-state index contributed by atoms with van der Waals surface area (Å²) in [5, 5.41) is 15.0. The Morgan fingerprint density at radius 3 is 1.83 bits per heavy atom. The summed E-state index contributed by atoms with van der Waals surface area (Å²) in [6.45, 7) is 16.0. The predicted molar refractivity (Wildman–Crippen MR) is 257 cm³/mol. The molecule has 9 aromatic rings. The summed E-state index contributed by atoms with van der Waals surface area (Å²) in [5.74, 6) is 2.82. The minimum atomic E-state index is -0.142. The van der Waals surface area contributed by atoms with Crippen LogP contribution in [0.2, 0.25) is 0 Å². The maximum Gasteiger partial charge on any atom is 0.0159 e. The van der Waals surface area contributed by atoms with Gasteiger partial charge < -0.3 is 0 Å². The van der Waals surface area contributed by atoms with Crippen molar-refractivity contribution < 1.29 is 0 Å². The van der Waals surface area contributed by atoms with E-state index in [1.807, 2.05) is 0 Å². The Kier molecular flexibility index (Phi) is 7.00. The van der Waals surface area contributed by atoms with E-state index < -0.39 is 0 Å². The Balaban J connectivity index is 0.919. The van der Waals surface area contributed by atoms with Gasteiger partial charge in [-0.3, -0.25) is 0 Å². The van der Waals surface area contributed by atoms with Crippen LogP contribution in [0.3, 0.4) is 0 Å². The van der Waals surface area contributed by atoms with Crippen molar-refractivity contribution in [3.8, 4) is 22.3 Å². The summed E-state index contributed by atoms with van der Waals surface area (Å²) >= 11 is 0. The molecule has 0 aromatic heterocycles. The third-order valence-corrected chi connectivity index (χ3v) is 16.4. The molecule has 292 valence electrons. The van der Waals surface area contributed by atoms with Crippen LogP contribution in [-0.4, -0.2) is 0 Å². The molecule has 4 bridgehead atoms. The van der Waals surface area contributed by atoms with E-state index in [1.54, 1.807) is 5.56 Å². The Bertz CT molecular complexity index is 3350. The van der Waals surface area contributed by atoms with Gasteiger partial charge in [-0.1, -0.05) is 135 Å². The first kappa shape index (κ1) is 35.1. The number of fused-ring (bicyclic) bond motifs is 3. The van der Waals surface area contributed by atoms with Crippen molar-refractivity contribution in [1.29, 1.82) is 0 Å². The molecular formula is C60H52. The van der Waals surface area contributed by atoms with Crippen molar-refractivity contribution in [1.82, 2.24) is 0 Å². The van der Waals surface area contributed by atoms with Gasteiger partial charge in [-0.25, -0.2) is 0 Å². The standard InChI is InChI=1S/C60H52/c1-33(2)47-15-11-45-28-46(60-30-37-22-38(31-60)24-39(23-37)32-60)27-44-9-8-43(57(47)55(44)45)25-36-7-14-49-50-17-10-40(29-54(50)59(5,6)53(49)26-36)52-21-35(4)48-16-12-41-19-34(3)20-42-13-18-51(52)58(48)56(41)42/h7-21,25-29,37-39H,1,22-24,30-32H2,2-6H3/b43-25+. The van der Waals surface area contributed by atoms with Gasteiger partial charge in [0.1, 0.15) is 0 Å². The van der Waals surface area contributed by atoms with Crippen molar-refractivity contribution in [2.24, 2.45) is 17.8 Å². The van der Waals surface area contributed by atoms with Crippen LogP contribution in [0.25, 0.3) is 87.8 Å². The fourth-order valence-electron chi connectivity index (χ4n) is 14.1. The lowest BCUT2D eigenvalue weighted by Crippen LogP contribution is -2.48. The molecule has 0 atom stereocenters. The van der Waals surface area contributed by atoms with Crippen molar-refractivity contribution >= 4 is 65.5 Å². The molecule has 0 unspecified atom stereocenters. The number of aryl methyl sites for hydroxylation is 2. The zero-order valence-electron chi connectivity index (χ0n) is 35.7. The van der Waals surface area contributed by atoms with E-state index in [1.165, 1.54) is 153 Å². The lowest BCUT2D eigenvalue weighted by atomic mass is 9.48. The SMILES string of the molecule is C=C(C)c1ccc2cc(C34CC5CC(CC(C5)C3)C4)cc3cc/c(=C\c4ccc5c(c4)C(C)(C)c4cc(-c6cc(C)c7ccc8cc(C)cc9ccc6c7c89)ccc4-5)c1c23. The second-order valence-electron chi connectivity index (χ2n) is 20.7. The molecule has 5 aliphatic rings. The van der Waals surface area contributed by atoms with E-state index >= 15 is 0 Å². The number of allylic oxidation sites excluding steroid dienone is 1. The lowest BCUT2D eigenvalue weighted by Gasteiger charge is -2.57. The molecule has 0 radical (unpaired) electrons. The molecule has 5 aliphatic carbocycles. The predicted octanol–water partition coefficient (Wildman–Crippen LogP) is 15.5. The third-order valence-electron chi connectivity index (χ3n) is 16.4. The van der Waals surface area contributed by atoms with E-state index in [2.05, 4.69) is 163 Å². The molecule has 60 heavy (non-hydrogen) atoms. The van der Waals surface area contributed by atoms with E-state index in [0.717, 1.165) is 23.3 Å². The van der Waals surface area contributed by atoms with Gasteiger partial charge in [0, 0.05) is 5.41 Å². The molecule has 0 heteroatoms. The number of hydrogen-bond donors (Lipinski definition) is 0. The van der Waals surface area contributed by atoms with E-state index in [0.29, 0.717) is 5.41 Å². The summed E-state index contributed by atoms with van der Waals surface area (Å²) in [5.41, 5.74) is 16.3. The molecule has 9 aromatic carbocycles. The Morgan fingerprint density at radius 2 is 1.15 bits per heavy atom. The molecule has 0 N–H and O–H groups in total. The van der Waals surface area contributed by atoms with Gasteiger partial charge in [-0.15, -0.1) is 0 Å². The highest BCUT2D eigenvalue weighted by Crippen LogP contribution is 2.61. The first-order valence-electron chi connectivity index (χ1n) is 22.7. The highest BCUT2D eigenvalue weighted by Gasteiger charge is 2.51. The maximum absolute atomic E-state index is 4.49. The van der Waals surface area contributed by atoms with Crippen LogP contribution in [0.1, 0.15) is 98.2 Å². The summed E-state index contributed by atoms with van der Waals surface area (Å²) in [6.07, 6.45) is 11.1. The van der Waals surface area contributed by atoms with Crippen LogP contribution >= 0.6 is 0 Å². The molecule has 4 saturated carbocycles. The highest BCUT2D eigenvalue weighted by atomic mass is 14.6. The quantitative estimate of drug-likeness (QED) is 0.156. The van der Waals surface area contributed by atoms with Crippen LogP contribution in [0.5, 0.6) is 0 Å². The van der Waals surface area contributed by atoms with Crippen molar-refractivity contribution in [3.05, 3.63) is 166 Å². The summed E-state index contributed by atoms with van der Waals surface area (Å²) in [7, 11) is 0. The van der Waals surface area contributed by atoms with Crippen LogP contribution in [0.15, 0.2) is 122 Å². The number of benzene rings is 9. The van der Waals surface area contributed by atoms with Crippen molar-refractivity contribution in [2.45, 2.75) is 84.0 Å². The molecule has 0 amide bonds. The molecule has 0 saturated heterocycles. The summed E-state index contributed by atoms with van der Waals surface area (Å²) in [4.78, 5) is 0. The smallest absolute Gasteiger partial charge is 0.0159 e.